The summed E-state index contributed by atoms with van der Waals surface area (Å²) in [6.45, 7) is 8.54. The van der Waals surface area contributed by atoms with Crippen molar-refractivity contribution in [3.8, 4) is 0 Å². The molecular formula is C16H28N4O2. The van der Waals surface area contributed by atoms with Gasteiger partial charge < -0.3 is 10.6 Å². The summed E-state index contributed by atoms with van der Waals surface area (Å²) >= 11 is 0. The molecule has 1 atom stereocenters. The van der Waals surface area contributed by atoms with Gasteiger partial charge in [0.05, 0.1) is 5.69 Å². The molecule has 0 aliphatic heterocycles. The van der Waals surface area contributed by atoms with E-state index in [0.717, 1.165) is 11.3 Å². The fourth-order valence-corrected chi connectivity index (χ4v) is 2.39. The zero-order chi connectivity index (χ0) is 16.9. The highest BCUT2D eigenvalue weighted by atomic mass is 16.2. The summed E-state index contributed by atoms with van der Waals surface area (Å²) in [6, 6.07) is 0.0443. The van der Waals surface area contributed by atoms with Crippen LogP contribution >= 0.6 is 0 Å². The molecule has 1 amide bonds. The van der Waals surface area contributed by atoms with E-state index in [1.54, 1.807) is 11.9 Å². The lowest BCUT2D eigenvalue weighted by molar-refractivity contribution is 0.0785. The molecular weight excluding hydrogens is 280 g/mol. The fraction of sp³-hybridized carbons (Fsp3) is 0.688. The van der Waals surface area contributed by atoms with Crippen molar-refractivity contribution in [2.24, 2.45) is 11.7 Å². The van der Waals surface area contributed by atoms with Crippen LogP contribution in [0.2, 0.25) is 0 Å². The van der Waals surface area contributed by atoms with Crippen LogP contribution in [0.5, 0.6) is 0 Å². The van der Waals surface area contributed by atoms with Crippen molar-refractivity contribution < 1.29 is 4.79 Å². The van der Waals surface area contributed by atoms with Gasteiger partial charge in [-0.2, -0.15) is 5.10 Å². The summed E-state index contributed by atoms with van der Waals surface area (Å²) in [5.74, 6) is 0.108. The third-order valence-corrected chi connectivity index (χ3v) is 4.07. The van der Waals surface area contributed by atoms with Gasteiger partial charge >= 0.3 is 0 Å². The Morgan fingerprint density at radius 1 is 1.32 bits per heavy atom. The molecule has 0 radical (unpaired) electrons. The predicted molar refractivity (Wildman–Crippen MR) is 88.0 cm³/mol. The summed E-state index contributed by atoms with van der Waals surface area (Å²) in [6.07, 6.45) is 2.01. The zero-order valence-corrected chi connectivity index (χ0v) is 14.3. The summed E-state index contributed by atoms with van der Waals surface area (Å²) < 4.78 is 0. The van der Waals surface area contributed by atoms with Crippen LogP contribution in [-0.4, -0.2) is 40.6 Å². The normalized spacial score (nSPS) is 12.5. The smallest absolute Gasteiger partial charge is 0.277 e. The van der Waals surface area contributed by atoms with Crippen molar-refractivity contribution in [1.82, 2.24) is 15.1 Å². The van der Waals surface area contributed by atoms with Crippen LogP contribution in [0.1, 0.15) is 55.7 Å². The highest BCUT2D eigenvalue weighted by Crippen LogP contribution is 2.13. The number of H-pyrrole nitrogens is 1. The van der Waals surface area contributed by atoms with Crippen LogP contribution < -0.4 is 11.3 Å². The Balaban J connectivity index is 3.00. The molecule has 0 saturated heterocycles. The molecule has 0 aliphatic carbocycles. The van der Waals surface area contributed by atoms with Gasteiger partial charge in [0.15, 0.2) is 0 Å². The van der Waals surface area contributed by atoms with Crippen LogP contribution in [0, 0.1) is 5.92 Å². The van der Waals surface area contributed by atoms with Crippen LogP contribution in [0.3, 0.4) is 0 Å². The highest BCUT2D eigenvalue weighted by Gasteiger charge is 2.22. The second-order valence-corrected chi connectivity index (χ2v) is 5.98. The van der Waals surface area contributed by atoms with Gasteiger partial charge in [0.2, 0.25) is 0 Å². The summed E-state index contributed by atoms with van der Waals surface area (Å²) in [7, 11) is 1.71. The van der Waals surface area contributed by atoms with Gasteiger partial charge in [0, 0.05) is 19.6 Å². The number of hydrogen-bond acceptors (Lipinski definition) is 4. The van der Waals surface area contributed by atoms with E-state index in [1.165, 1.54) is 0 Å². The Bertz CT molecular complexity index is 566. The average Bonchev–Trinajstić information content (AvgIpc) is 2.50. The summed E-state index contributed by atoms with van der Waals surface area (Å²) in [5.41, 5.74) is 7.34. The number of aromatic nitrogens is 2. The molecule has 6 nitrogen and oxygen atoms in total. The zero-order valence-electron chi connectivity index (χ0n) is 14.3. The number of nitrogens with one attached hydrogen (secondary N) is 1. The van der Waals surface area contributed by atoms with Crippen molar-refractivity contribution in [1.29, 1.82) is 0 Å². The number of aromatic amines is 1. The van der Waals surface area contributed by atoms with Gasteiger partial charge in [0.25, 0.3) is 11.5 Å². The quantitative estimate of drug-likeness (QED) is 0.795. The first kappa shape index (κ1) is 18.4. The van der Waals surface area contributed by atoms with Crippen molar-refractivity contribution in [3.63, 3.8) is 0 Å². The van der Waals surface area contributed by atoms with E-state index in [1.807, 2.05) is 13.8 Å². The standard InChI is InChI=1S/C16H28N4O2/c1-6-11-13(7-2)18-19-15(21)14(11)16(22)20(5)9-8-12(17)10(3)4/h10,12H,6-9,17H2,1-5H3,(H,19,21). The first-order valence-corrected chi connectivity index (χ1v) is 7.94. The number of nitrogens with two attached hydrogens (primary N) is 1. The predicted octanol–water partition coefficient (Wildman–Crippen LogP) is 1.34. The van der Waals surface area contributed by atoms with Crippen LogP contribution in [0.15, 0.2) is 4.79 Å². The number of aryl methyl sites for hydroxylation is 1. The van der Waals surface area contributed by atoms with Gasteiger partial charge in [0.1, 0.15) is 5.56 Å². The third-order valence-electron chi connectivity index (χ3n) is 4.07. The highest BCUT2D eigenvalue weighted by molar-refractivity contribution is 5.95. The minimum atomic E-state index is -0.418. The molecule has 0 aromatic carbocycles. The molecule has 1 rings (SSSR count). The number of carbonyl (C=O) groups is 1. The topological polar surface area (TPSA) is 92.1 Å². The maximum atomic E-state index is 12.6. The lowest BCUT2D eigenvalue weighted by Gasteiger charge is -2.22. The summed E-state index contributed by atoms with van der Waals surface area (Å²) in [4.78, 5) is 26.3. The van der Waals surface area contributed by atoms with Gasteiger partial charge in [-0.1, -0.05) is 27.7 Å². The molecule has 1 aromatic heterocycles. The SMILES string of the molecule is CCc1n[nH]c(=O)c(C(=O)N(C)CCC(N)C(C)C)c1CC. The van der Waals surface area contributed by atoms with E-state index < -0.39 is 5.56 Å². The van der Waals surface area contributed by atoms with E-state index in [-0.39, 0.29) is 17.5 Å². The number of rotatable bonds is 7. The molecule has 0 saturated carbocycles. The lowest BCUT2D eigenvalue weighted by atomic mass is 10.0. The Labute approximate surface area is 132 Å². The molecule has 124 valence electrons. The molecule has 3 N–H and O–H groups in total. The Morgan fingerprint density at radius 2 is 1.95 bits per heavy atom. The van der Waals surface area contributed by atoms with Crippen molar-refractivity contribution in [3.05, 3.63) is 27.2 Å². The van der Waals surface area contributed by atoms with E-state index in [9.17, 15) is 9.59 Å². The molecule has 0 bridgehead atoms. The van der Waals surface area contributed by atoms with Gasteiger partial charge in [-0.3, -0.25) is 9.59 Å². The van der Waals surface area contributed by atoms with Crippen molar-refractivity contribution in [2.75, 3.05) is 13.6 Å². The first-order chi connectivity index (χ1) is 10.3. The second kappa shape index (κ2) is 8.08. The molecule has 22 heavy (non-hydrogen) atoms. The average molecular weight is 308 g/mol. The van der Waals surface area contributed by atoms with E-state index in [4.69, 9.17) is 5.73 Å². The fourth-order valence-electron chi connectivity index (χ4n) is 2.39. The largest absolute Gasteiger partial charge is 0.341 e. The third kappa shape index (κ3) is 4.16. The van der Waals surface area contributed by atoms with Gasteiger partial charge in [-0.05, 0) is 30.7 Å². The molecule has 0 fully saturated rings. The number of amides is 1. The molecule has 0 aliphatic rings. The first-order valence-electron chi connectivity index (χ1n) is 7.94. The van der Waals surface area contributed by atoms with Crippen LogP contribution in [0.25, 0.3) is 0 Å². The van der Waals surface area contributed by atoms with Crippen molar-refractivity contribution in [2.45, 2.75) is 53.0 Å². The maximum absolute atomic E-state index is 12.6. The monoisotopic (exact) mass is 308 g/mol. The lowest BCUT2D eigenvalue weighted by Crippen LogP contribution is -2.37. The molecule has 6 heteroatoms. The molecule has 0 spiro atoms. The minimum absolute atomic E-state index is 0.0443. The molecule has 1 heterocycles. The Kier molecular flexibility index (Phi) is 6.74. The second-order valence-electron chi connectivity index (χ2n) is 5.98. The van der Waals surface area contributed by atoms with Crippen molar-refractivity contribution >= 4 is 5.91 Å². The Hall–Kier alpha value is -1.69. The summed E-state index contributed by atoms with van der Waals surface area (Å²) in [5, 5.41) is 6.47. The number of nitrogens with zero attached hydrogens (tertiary/aromatic N) is 2. The minimum Gasteiger partial charge on any atom is -0.341 e. The van der Waals surface area contributed by atoms with Crippen LogP contribution in [0.4, 0.5) is 0 Å². The van der Waals surface area contributed by atoms with Gasteiger partial charge in [-0.25, -0.2) is 5.10 Å². The number of carbonyl (C=O) groups excluding carboxylic acids is 1. The van der Waals surface area contributed by atoms with E-state index >= 15 is 0 Å². The van der Waals surface area contributed by atoms with Gasteiger partial charge in [-0.15, -0.1) is 0 Å². The Morgan fingerprint density at radius 3 is 2.45 bits per heavy atom. The van der Waals surface area contributed by atoms with E-state index in [2.05, 4.69) is 24.0 Å². The number of hydrogen-bond donors (Lipinski definition) is 2. The molecule has 1 aromatic rings. The van der Waals surface area contributed by atoms with Crippen LogP contribution in [-0.2, 0) is 12.8 Å². The maximum Gasteiger partial charge on any atom is 0.277 e. The van der Waals surface area contributed by atoms with E-state index in [0.29, 0.717) is 31.7 Å². The molecule has 1 unspecified atom stereocenters.